The van der Waals surface area contributed by atoms with E-state index in [2.05, 4.69) is 183 Å². The predicted octanol–water partition coefficient (Wildman–Crippen LogP) is 8.13. The highest BCUT2D eigenvalue weighted by Crippen LogP contribution is 2.50. The van der Waals surface area contributed by atoms with Crippen molar-refractivity contribution in [3.8, 4) is 11.5 Å². The number of hydrogen-bond acceptors (Lipinski definition) is 3. The predicted molar refractivity (Wildman–Crippen MR) is 317 cm³/mol. The molecule has 1 aliphatic rings. The molecular weight excluding hydrogens is 971 g/mol. The van der Waals surface area contributed by atoms with Crippen LogP contribution < -0.4 is 78.1 Å². The summed E-state index contributed by atoms with van der Waals surface area (Å²) in [5.74, 6) is 1.10. The lowest BCUT2D eigenvalue weighted by Crippen LogP contribution is -2.79. The molecule has 0 N–H and O–H groups in total. The summed E-state index contributed by atoms with van der Waals surface area (Å²) in [5.41, 5.74) is 0.971. The molecule has 12 rings (SSSR count). The average molecular weight is 1020 g/mol. The summed E-state index contributed by atoms with van der Waals surface area (Å²) < 4.78 is 42.9. The first-order valence-electron chi connectivity index (χ1n) is 25.1. The molecule has 356 valence electrons. The van der Waals surface area contributed by atoms with Gasteiger partial charge >= 0.3 is 0 Å². The van der Waals surface area contributed by atoms with Gasteiger partial charge in [0.25, 0.3) is 0 Å². The molecule has 11 aromatic carbocycles. The highest BCUT2D eigenvalue weighted by molar-refractivity contribution is 7.86. The Balaban J connectivity index is 1.34. The van der Waals surface area contributed by atoms with Crippen LogP contribution in [0.5, 0.6) is 11.5 Å². The molecule has 0 saturated carbocycles. The first kappa shape index (κ1) is 47.1. The van der Waals surface area contributed by atoms with Crippen LogP contribution in [0.15, 0.2) is 297 Å². The van der Waals surface area contributed by atoms with Crippen LogP contribution in [0.3, 0.4) is 0 Å². The van der Waals surface area contributed by atoms with Crippen molar-refractivity contribution in [1.82, 2.24) is 0 Å². The molecular formula is C67H52O3P2Si2. The Morgan fingerprint density at radius 1 is 0.324 bits per heavy atom. The van der Waals surface area contributed by atoms with E-state index in [-0.39, 0.29) is 0 Å². The average Bonchev–Trinajstić information content (AvgIpc) is 3.49. The van der Waals surface area contributed by atoms with Gasteiger partial charge in [-0.2, -0.15) is 0 Å². The van der Waals surface area contributed by atoms with Gasteiger partial charge in [-0.3, -0.25) is 0 Å². The summed E-state index contributed by atoms with van der Waals surface area (Å²) in [6.45, 7) is 2.12. The van der Waals surface area contributed by atoms with E-state index in [1.807, 2.05) is 121 Å². The zero-order chi connectivity index (χ0) is 50.2. The molecule has 3 nitrogen and oxygen atoms in total. The largest absolute Gasteiger partial charge is 0.456 e. The smallest absolute Gasteiger partial charge is 0.188 e. The summed E-state index contributed by atoms with van der Waals surface area (Å²) in [6, 6.07) is 103. The van der Waals surface area contributed by atoms with Gasteiger partial charge in [0.05, 0.1) is 10.6 Å². The summed E-state index contributed by atoms with van der Waals surface area (Å²) >= 11 is 0. The van der Waals surface area contributed by atoms with Gasteiger partial charge in [0.1, 0.15) is 11.5 Å². The monoisotopic (exact) mass is 1020 g/mol. The molecule has 1 heterocycles. The van der Waals surface area contributed by atoms with Gasteiger partial charge in [-0.05, 0) is 60.6 Å². The van der Waals surface area contributed by atoms with Crippen molar-refractivity contribution in [2.75, 3.05) is 0 Å². The van der Waals surface area contributed by atoms with Crippen molar-refractivity contribution in [2.45, 2.75) is 6.92 Å². The van der Waals surface area contributed by atoms with Crippen LogP contribution >= 0.6 is 14.3 Å². The van der Waals surface area contributed by atoms with Crippen molar-refractivity contribution >= 4 is 104 Å². The van der Waals surface area contributed by atoms with Gasteiger partial charge in [0.2, 0.25) is 0 Å². The maximum atomic E-state index is 17.8. The minimum atomic E-state index is -3.89. The molecule has 1 aliphatic heterocycles. The third-order valence-electron chi connectivity index (χ3n) is 14.9. The zero-order valence-electron chi connectivity index (χ0n) is 40.9. The van der Waals surface area contributed by atoms with E-state index in [9.17, 15) is 0 Å². The number of aryl methyl sites for hydroxylation is 1. The second-order valence-electron chi connectivity index (χ2n) is 19.0. The first-order chi connectivity index (χ1) is 36.4. The third kappa shape index (κ3) is 7.53. The molecule has 0 radical (unpaired) electrons. The lowest BCUT2D eigenvalue weighted by atomic mass is 10.2. The molecule has 0 unspecified atom stereocenters. The summed E-state index contributed by atoms with van der Waals surface area (Å²) in [6.07, 6.45) is 0. The minimum absolute atomic E-state index is 0.548. The first-order valence-corrected chi connectivity index (χ1v) is 32.5. The van der Waals surface area contributed by atoms with Crippen molar-refractivity contribution < 1.29 is 13.9 Å². The molecule has 7 heteroatoms. The van der Waals surface area contributed by atoms with Crippen molar-refractivity contribution in [1.29, 1.82) is 0 Å². The minimum Gasteiger partial charge on any atom is -0.456 e. The molecule has 11 aromatic rings. The Morgan fingerprint density at radius 3 is 0.946 bits per heavy atom. The van der Waals surface area contributed by atoms with Crippen LogP contribution in [0.1, 0.15) is 5.56 Å². The molecule has 0 amide bonds. The summed E-state index contributed by atoms with van der Waals surface area (Å²) in [7, 11) is -14.7. The fraction of sp³-hybridized carbons (Fsp3) is 0.0149. The number of rotatable bonds is 12. The van der Waals surface area contributed by atoms with Crippen LogP contribution in [0.2, 0.25) is 0 Å². The third-order valence-corrected chi connectivity index (χ3v) is 30.6. The lowest BCUT2D eigenvalue weighted by molar-refractivity contribution is 0.493. The zero-order valence-corrected chi connectivity index (χ0v) is 44.7. The Kier molecular flexibility index (Phi) is 12.4. The van der Waals surface area contributed by atoms with Crippen LogP contribution in [-0.4, -0.2) is 16.1 Å². The van der Waals surface area contributed by atoms with Gasteiger partial charge < -0.3 is 13.9 Å². The standard InChI is InChI=1S/C67H52O3P2Si2/c1-51-47-62(71(68,52-29-11-2-12-30-52)53-31-13-3-14-32-53)66-64(48-51)74(59-43-25-9-26-44-59,60-45-27-10-28-46-60)65-50-61(49-63(67(65)70-66)72(69,54-33-15-4-16-34-54)55-35-17-5-18-36-55)73(56-37-19-6-20-38-56,57-39-21-7-22-40-57)58-41-23-8-24-42-58/h2-50H,1H3. The fourth-order valence-corrected chi connectivity index (χ4v) is 27.8. The van der Waals surface area contributed by atoms with E-state index < -0.39 is 30.4 Å². The maximum absolute atomic E-state index is 17.8. The number of hydrogen-bond donors (Lipinski definition) is 0. The van der Waals surface area contributed by atoms with Gasteiger partial charge in [0.15, 0.2) is 30.4 Å². The normalized spacial score (nSPS) is 13.0. The van der Waals surface area contributed by atoms with Crippen molar-refractivity contribution in [3.63, 3.8) is 0 Å². The van der Waals surface area contributed by atoms with E-state index in [1.165, 1.54) is 15.6 Å². The number of ether oxygens (including phenoxy) is 1. The molecule has 74 heavy (non-hydrogen) atoms. The second-order valence-corrected chi connectivity index (χ2v) is 32.0. The van der Waals surface area contributed by atoms with Crippen LogP contribution in [0.4, 0.5) is 0 Å². The van der Waals surface area contributed by atoms with Gasteiger partial charge in [-0.25, -0.2) is 0 Å². The van der Waals surface area contributed by atoms with Gasteiger partial charge in [0, 0.05) is 21.2 Å². The van der Waals surface area contributed by atoms with Gasteiger partial charge in [-0.1, -0.05) is 291 Å². The molecule has 0 aromatic heterocycles. The van der Waals surface area contributed by atoms with E-state index >= 15 is 9.13 Å². The summed E-state index contributed by atoms with van der Waals surface area (Å²) in [5, 5.41) is 13.0. The lowest BCUT2D eigenvalue weighted by Gasteiger charge is -2.44. The van der Waals surface area contributed by atoms with Crippen molar-refractivity contribution in [2.24, 2.45) is 0 Å². The van der Waals surface area contributed by atoms with Crippen LogP contribution in [0.25, 0.3) is 0 Å². The Labute approximate surface area is 436 Å². The summed E-state index contributed by atoms with van der Waals surface area (Å²) in [4.78, 5) is 0. The molecule has 0 aliphatic carbocycles. The van der Waals surface area contributed by atoms with E-state index in [0.29, 0.717) is 43.3 Å². The maximum Gasteiger partial charge on any atom is 0.188 e. The molecule has 0 bridgehead atoms. The number of benzene rings is 11. The quantitative estimate of drug-likeness (QED) is 0.0706. The SMILES string of the molecule is Cc1cc2c(c(P(=O)(c3ccccc3)c3ccccc3)c1)Oc1c(cc([Si](c3ccccc3)(c3ccccc3)c3ccccc3)cc1P(=O)(c1ccccc1)c1ccccc1)[Si]2(c1ccccc1)c1ccccc1. The number of fused-ring (bicyclic) bond motifs is 2. The highest BCUT2D eigenvalue weighted by atomic mass is 31.2. The topological polar surface area (TPSA) is 43.4 Å². The van der Waals surface area contributed by atoms with Crippen LogP contribution in [-0.2, 0) is 9.13 Å². The van der Waals surface area contributed by atoms with E-state index in [0.717, 1.165) is 31.5 Å². The second kappa shape index (κ2) is 19.5. The molecule has 0 spiro atoms. The van der Waals surface area contributed by atoms with Crippen LogP contribution in [0, 0.1) is 6.92 Å². The molecule has 0 atom stereocenters. The molecule has 0 saturated heterocycles. The van der Waals surface area contributed by atoms with Crippen molar-refractivity contribution in [3.05, 3.63) is 303 Å². The Bertz CT molecular complexity index is 3630. The Hall–Kier alpha value is -7.89. The molecule has 0 fully saturated rings. The highest BCUT2D eigenvalue weighted by Gasteiger charge is 2.54. The van der Waals surface area contributed by atoms with Gasteiger partial charge in [-0.15, -0.1) is 0 Å². The Morgan fingerprint density at radius 2 is 0.608 bits per heavy atom. The fourth-order valence-electron chi connectivity index (χ4n) is 11.7. The van der Waals surface area contributed by atoms with E-state index in [1.54, 1.807) is 0 Å². The van der Waals surface area contributed by atoms with E-state index in [4.69, 9.17) is 4.74 Å².